The molecule has 0 fully saturated rings. The number of ether oxygens (including phenoxy) is 2. The molecule has 1 aromatic heterocycles. The first-order valence-corrected chi connectivity index (χ1v) is 13.6. The van der Waals surface area contributed by atoms with Crippen LogP contribution in [0.1, 0.15) is 106 Å². The van der Waals surface area contributed by atoms with E-state index < -0.39 is 23.1 Å². The number of rotatable bonds is 9. The Morgan fingerprint density at radius 2 is 1.59 bits per heavy atom. The molecule has 0 aliphatic heterocycles. The molecular formula is C32H42N2O5. The number of esters is 2. The Morgan fingerprint density at radius 1 is 0.949 bits per heavy atom. The molecule has 0 amide bonds. The first kappa shape index (κ1) is 30.1. The number of carbonyl (C=O) groups is 2. The van der Waals surface area contributed by atoms with Crippen molar-refractivity contribution in [3.8, 4) is 11.1 Å². The smallest absolute Gasteiger partial charge is 0.357 e. The molecule has 3 rings (SSSR count). The lowest BCUT2D eigenvalue weighted by Gasteiger charge is -2.25. The number of aliphatic hydroxyl groups excluding tert-OH is 1. The number of benzene rings is 2. The van der Waals surface area contributed by atoms with Crippen molar-refractivity contribution in [1.82, 2.24) is 9.55 Å². The third kappa shape index (κ3) is 7.35. The Hall–Kier alpha value is -3.45. The van der Waals surface area contributed by atoms with Crippen LogP contribution in [0.3, 0.4) is 0 Å². The predicted molar refractivity (Wildman–Crippen MR) is 153 cm³/mol. The van der Waals surface area contributed by atoms with Crippen LogP contribution in [0.5, 0.6) is 0 Å². The number of aryl methyl sites for hydroxylation is 1. The van der Waals surface area contributed by atoms with E-state index in [4.69, 9.17) is 14.5 Å². The van der Waals surface area contributed by atoms with Crippen LogP contribution in [0.4, 0.5) is 0 Å². The molecule has 0 saturated heterocycles. The van der Waals surface area contributed by atoms with Gasteiger partial charge >= 0.3 is 11.9 Å². The van der Waals surface area contributed by atoms with E-state index in [0.717, 1.165) is 28.9 Å². The fourth-order valence-electron chi connectivity index (χ4n) is 4.34. The van der Waals surface area contributed by atoms with Crippen LogP contribution in [-0.4, -0.2) is 38.8 Å². The summed E-state index contributed by atoms with van der Waals surface area (Å²) in [5.74, 6) is -0.124. The Balaban J connectivity index is 2.02. The molecule has 0 aliphatic carbocycles. The van der Waals surface area contributed by atoms with Crippen LogP contribution in [0, 0.1) is 5.41 Å². The minimum absolute atomic E-state index is 0.226. The molecular weight excluding hydrogens is 492 g/mol. The summed E-state index contributed by atoms with van der Waals surface area (Å²) < 4.78 is 12.9. The van der Waals surface area contributed by atoms with Gasteiger partial charge in [0.1, 0.15) is 23.2 Å². The molecule has 0 spiro atoms. The van der Waals surface area contributed by atoms with Crippen molar-refractivity contribution >= 4 is 11.9 Å². The third-order valence-electron chi connectivity index (χ3n) is 6.25. The monoisotopic (exact) mass is 534 g/mol. The summed E-state index contributed by atoms with van der Waals surface area (Å²) in [4.78, 5) is 30.7. The Bertz CT molecular complexity index is 1290. The maximum Gasteiger partial charge on any atom is 0.357 e. The van der Waals surface area contributed by atoms with E-state index >= 15 is 0 Å². The fraction of sp³-hybridized carbons (Fsp3) is 0.469. The van der Waals surface area contributed by atoms with Gasteiger partial charge in [0, 0.05) is 13.0 Å². The number of aromatic nitrogens is 2. The van der Waals surface area contributed by atoms with Gasteiger partial charge in [-0.05, 0) is 62.3 Å². The van der Waals surface area contributed by atoms with E-state index in [9.17, 15) is 14.7 Å². The van der Waals surface area contributed by atoms with E-state index in [1.54, 1.807) is 13.0 Å². The normalized spacial score (nSPS) is 12.7. The third-order valence-corrected chi connectivity index (χ3v) is 6.25. The van der Waals surface area contributed by atoms with E-state index in [2.05, 4.69) is 6.92 Å². The highest BCUT2D eigenvalue weighted by Gasteiger charge is 2.34. The molecule has 0 aliphatic rings. The van der Waals surface area contributed by atoms with Gasteiger partial charge in [0.05, 0.1) is 12.2 Å². The molecule has 0 bridgehead atoms. The summed E-state index contributed by atoms with van der Waals surface area (Å²) in [6.07, 6.45) is 0.565. The lowest BCUT2D eigenvalue weighted by molar-refractivity contribution is 0.00701. The average molecular weight is 535 g/mol. The standard InChI is InChI=1S/C32H42N2O5/c1-9-13-25-33-26(28(35)31(3,4)5)27(30(37)38-10-2)34(25)20-21-16-18-22(19-17-21)23-14-11-12-15-24(23)29(36)39-32(6,7)8/h11-12,14-19,28,35H,9-10,13,20H2,1-8H3. The Kier molecular flexibility index (Phi) is 9.38. The van der Waals surface area contributed by atoms with Gasteiger partial charge in [-0.1, -0.05) is 70.2 Å². The average Bonchev–Trinajstić information content (AvgIpc) is 3.20. The minimum Gasteiger partial charge on any atom is -0.461 e. The first-order chi connectivity index (χ1) is 18.3. The molecule has 1 heterocycles. The summed E-state index contributed by atoms with van der Waals surface area (Å²) in [6, 6.07) is 15.3. The molecule has 0 saturated carbocycles. The van der Waals surface area contributed by atoms with Crippen molar-refractivity contribution < 1.29 is 24.2 Å². The fourth-order valence-corrected chi connectivity index (χ4v) is 4.34. The summed E-state index contributed by atoms with van der Waals surface area (Å²) >= 11 is 0. The summed E-state index contributed by atoms with van der Waals surface area (Å²) in [7, 11) is 0. The Morgan fingerprint density at radius 3 is 2.15 bits per heavy atom. The number of nitrogens with zero attached hydrogens (tertiary/aromatic N) is 2. The van der Waals surface area contributed by atoms with Gasteiger partial charge in [0.15, 0.2) is 5.69 Å². The summed E-state index contributed by atoms with van der Waals surface area (Å²) in [6.45, 7) is 15.7. The van der Waals surface area contributed by atoms with Crippen LogP contribution in [0.25, 0.3) is 11.1 Å². The second kappa shape index (κ2) is 12.2. The molecule has 1 unspecified atom stereocenters. The highest BCUT2D eigenvalue weighted by molar-refractivity contribution is 5.97. The number of hydrogen-bond donors (Lipinski definition) is 1. The second-order valence-electron chi connectivity index (χ2n) is 11.8. The summed E-state index contributed by atoms with van der Waals surface area (Å²) in [5.41, 5.74) is 2.67. The van der Waals surface area contributed by atoms with Gasteiger partial charge in [-0.2, -0.15) is 0 Å². The molecule has 39 heavy (non-hydrogen) atoms. The number of hydrogen-bond acceptors (Lipinski definition) is 6. The zero-order chi connectivity index (χ0) is 29.0. The van der Waals surface area contributed by atoms with Crippen molar-refractivity contribution in [2.24, 2.45) is 5.41 Å². The largest absolute Gasteiger partial charge is 0.461 e. The van der Waals surface area contributed by atoms with E-state index in [1.807, 2.05) is 88.6 Å². The Labute approximate surface area is 232 Å². The van der Waals surface area contributed by atoms with Gasteiger partial charge in [-0.25, -0.2) is 14.6 Å². The van der Waals surface area contributed by atoms with E-state index in [1.165, 1.54) is 0 Å². The lowest BCUT2D eigenvalue weighted by Crippen LogP contribution is -2.24. The summed E-state index contributed by atoms with van der Waals surface area (Å²) in [5, 5.41) is 11.1. The van der Waals surface area contributed by atoms with Gasteiger partial charge < -0.3 is 19.1 Å². The molecule has 1 atom stereocenters. The van der Waals surface area contributed by atoms with Crippen molar-refractivity contribution in [3.05, 3.63) is 76.9 Å². The maximum absolute atomic E-state index is 13.1. The molecule has 7 nitrogen and oxygen atoms in total. The predicted octanol–water partition coefficient (Wildman–Crippen LogP) is 6.76. The highest BCUT2D eigenvalue weighted by atomic mass is 16.6. The van der Waals surface area contributed by atoms with Crippen LogP contribution >= 0.6 is 0 Å². The minimum atomic E-state index is -0.930. The molecule has 2 aromatic carbocycles. The van der Waals surface area contributed by atoms with Gasteiger partial charge in [-0.15, -0.1) is 0 Å². The van der Waals surface area contributed by atoms with Crippen molar-refractivity contribution in [3.63, 3.8) is 0 Å². The first-order valence-electron chi connectivity index (χ1n) is 13.6. The van der Waals surface area contributed by atoms with Crippen molar-refractivity contribution in [1.29, 1.82) is 0 Å². The van der Waals surface area contributed by atoms with Gasteiger partial charge in [0.25, 0.3) is 0 Å². The molecule has 210 valence electrons. The van der Waals surface area contributed by atoms with Crippen molar-refractivity contribution in [2.75, 3.05) is 6.61 Å². The molecule has 1 N–H and O–H groups in total. The van der Waals surface area contributed by atoms with Crippen LogP contribution < -0.4 is 0 Å². The van der Waals surface area contributed by atoms with Crippen LogP contribution in [-0.2, 0) is 22.4 Å². The zero-order valence-electron chi connectivity index (χ0n) is 24.5. The molecule has 3 aromatic rings. The van der Waals surface area contributed by atoms with E-state index in [0.29, 0.717) is 29.9 Å². The SMILES string of the molecule is CCCc1nc(C(O)C(C)(C)C)c(C(=O)OCC)n1Cc1ccc(-c2ccccc2C(=O)OC(C)(C)C)cc1. The lowest BCUT2D eigenvalue weighted by atomic mass is 9.86. The van der Waals surface area contributed by atoms with Gasteiger partial charge in [-0.3, -0.25) is 0 Å². The highest BCUT2D eigenvalue weighted by Crippen LogP contribution is 2.35. The van der Waals surface area contributed by atoms with Crippen molar-refractivity contribution in [2.45, 2.75) is 86.5 Å². The topological polar surface area (TPSA) is 90.6 Å². The van der Waals surface area contributed by atoms with E-state index in [-0.39, 0.29) is 12.6 Å². The van der Waals surface area contributed by atoms with Gasteiger partial charge in [0.2, 0.25) is 0 Å². The molecule has 7 heteroatoms. The number of imidazole rings is 1. The zero-order valence-corrected chi connectivity index (χ0v) is 24.5. The molecule has 0 radical (unpaired) electrons. The quantitative estimate of drug-likeness (QED) is 0.305. The number of aliphatic hydroxyl groups is 1. The second-order valence-corrected chi connectivity index (χ2v) is 11.8. The number of carbonyl (C=O) groups excluding carboxylic acids is 2. The van der Waals surface area contributed by atoms with Crippen LogP contribution in [0.2, 0.25) is 0 Å². The maximum atomic E-state index is 13.1. The van der Waals surface area contributed by atoms with Crippen LogP contribution in [0.15, 0.2) is 48.5 Å².